The lowest BCUT2D eigenvalue weighted by atomic mass is 10.1. The second-order valence-corrected chi connectivity index (χ2v) is 7.16. The third-order valence-corrected chi connectivity index (χ3v) is 5.30. The van der Waals surface area contributed by atoms with Crippen molar-refractivity contribution in [3.05, 3.63) is 42.5 Å². The highest BCUT2D eigenvalue weighted by molar-refractivity contribution is 6.18. The largest absolute Gasteiger partial charge is 0.494 e. The van der Waals surface area contributed by atoms with Gasteiger partial charge in [-0.1, -0.05) is 12.6 Å². The molecule has 0 saturated carbocycles. The van der Waals surface area contributed by atoms with Crippen molar-refractivity contribution < 1.29 is 14.3 Å². The van der Waals surface area contributed by atoms with E-state index in [0.717, 1.165) is 37.2 Å². The number of nitrogens with zero attached hydrogens (tertiary/aromatic N) is 3. The van der Waals surface area contributed by atoms with Crippen LogP contribution < -0.4 is 10.1 Å². The molecule has 0 bridgehead atoms. The van der Waals surface area contributed by atoms with E-state index in [9.17, 15) is 9.59 Å². The van der Waals surface area contributed by atoms with Crippen LogP contribution in [0.25, 0.3) is 11.0 Å². The highest BCUT2D eigenvalue weighted by Gasteiger charge is 2.27. The van der Waals surface area contributed by atoms with Crippen molar-refractivity contribution in [3.8, 4) is 5.75 Å². The fourth-order valence-corrected chi connectivity index (χ4v) is 3.84. The van der Waals surface area contributed by atoms with Crippen LogP contribution in [0.15, 0.2) is 42.5 Å². The van der Waals surface area contributed by atoms with Gasteiger partial charge < -0.3 is 25.0 Å². The zero-order valence-corrected chi connectivity index (χ0v) is 17.4. The number of hydrogen-bond acceptors (Lipinski definition) is 6. The average molecular weight is 422 g/mol. The first-order chi connectivity index (χ1) is 15.0. The number of anilines is 1. The van der Waals surface area contributed by atoms with Gasteiger partial charge in [-0.2, -0.15) is 0 Å². The Morgan fingerprint density at radius 1 is 1.32 bits per heavy atom. The number of hydrogen-bond donors (Lipinski definition) is 3. The van der Waals surface area contributed by atoms with Crippen molar-refractivity contribution in [1.82, 2.24) is 14.5 Å². The van der Waals surface area contributed by atoms with Gasteiger partial charge in [-0.3, -0.25) is 14.9 Å². The molecule has 9 heteroatoms. The summed E-state index contributed by atoms with van der Waals surface area (Å²) in [6, 6.07) is 5.34. The summed E-state index contributed by atoms with van der Waals surface area (Å²) in [5, 5.41) is 17.4. The Kier molecular flexibility index (Phi) is 6.96. The minimum Gasteiger partial charge on any atom is -0.494 e. The monoisotopic (exact) mass is 422 g/mol. The second-order valence-electron chi connectivity index (χ2n) is 7.16. The Labute approximate surface area is 180 Å². The van der Waals surface area contributed by atoms with Gasteiger partial charge in [0.05, 0.1) is 24.2 Å². The molecule has 31 heavy (non-hydrogen) atoms. The van der Waals surface area contributed by atoms with Crippen LogP contribution in [0, 0.1) is 10.8 Å². The molecular formula is C22H26N6O3. The van der Waals surface area contributed by atoms with E-state index in [-0.39, 0.29) is 17.5 Å². The maximum atomic E-state index is 12.7. The van der Waals surface area contributed by atoms with Crippen LogP contribution in [0.1, 0.15) is 25.3 Å². The zero-order valence-electron chi connectivity index (χ0n) is 17.4. The van der Waals surface area contributed by atoms with Crippen LogP contribution in [0.4, 0.5) is 5.95 Å². The first kappa shape index (κ1) is 21.9. The van der Waals surface area contributed by atoms with E-state index in [0.29, 0.717) is 30.3 Å². The number of likely N-dealkylation sites (tertiary alicyclic amines) is 1. The minimum absolute atomic E-state index is 0.0323. The smallest absolute Gasteiger partial charge is 0.259 e. The molecule has 0 unspecified atom stereocenters. The van der Waals surface area contributed by atoms with Gasteiger partial charge in [0.25, 0.3) is 5.91 Å². The van der Waals surface area contributed by atoms with Crippen LogP contribution in [-0.4, -0.2) is 58.9 Å². The number of imidazole rings is 1. The molecule has 1 aromatic heterocycles. The van der Waals surface area contributed by atoms with Crippen molar-refractivity contribution >= 4 is 41.2 Å². The number of methoxy groups -OCH3 is 1. The van der Waals surface area contributed by atoms with Gasteiger partial charge in [-0.25, -0.2) is 4.98 Å². The number of para-hydroxylation sites is 1. The number of fused-ring (bicyclic) bond motifs is 1. The summed E-state index contributed by atoms with van der Waals surface area (Å²) in [5.74, 6) is 0.245. The number of nitrogens with one attached hydrogen (secondary N) is 3. The van der Waals surface area contributed by atoms with Gasteiger partial charge in [-0.05, 0) is 43.5 Å². The Bertz CT molecular complexity index is 1050. The normalized spacial score (nSPS) is 17.0. The van der Waals surface area contributed by atoms with Gasteiger partial charge in [0.2, 0.25) is 11.9 Å². The quantitative estimate of drug-likeness (QED) is 0.469. The summed E-state index contributed by atoms with van der Waals surface area (Å²) in [6.07, 6.45) is 6.98. The van der Waals surface area contributed by atoms with E-state index >= 15 is 0 Å². The van der Waals surface area contributed by atoms with Crippen LogP contribution in [-0.2, 0) is 9.59 Å². The predicted molar refractivity (Wildman–Crippen MR) is 120 cm³/mol. The van der Waals surface area contributed by atoms with Crippen molar-refractivity contribution in [2.24, 2.45) is 0 Å². The Morgan fingerprint density at radius 2 is 2.13 bits per heavy atom. The number of carbonyl (C=O) groups excluding carboxylic acids is 2. The lowest BCUT2D eigenvalue weighted by Gasteiger charge is -2.26. The molecule has 3 rings (SSSR count). The fourth-order valence-electron chi connectivity index (χ4n) is 3.84. The van der Waals surface area contributed by atoms with Crippen LogP contribution >= 0.6 is 0 Å². The van der Waals surface area contributed by atoms with E-state index in [1.54, 1.807) is 12.0 Å². The summed E-state index contributed by atoms with van der Waals surface area (Å²) >= 11 is 0. The number of rotatable bonds is 7. The van der Waals surface area contributed by atoms with Gasteiger partial charge in [0.15, 0.2) is 0 Å². The number of carbonyl (C=O) groups is 2. The van der Waals surface area contributed by atoms with Crippen LogP contribution in [0.5, 0.6) is 5.75 Å². The zero-order chi connectivity index (χ0) is 22.4. The average Bonchev–Trinajstić information content (AvgIpc) is 2.97. The topological polar surface area (TPSA) is 124 Å². The molecule has 9 nitrogen and oxygen atoms in total. The van der Waals surface area contributed by atoms with Crippen LogP contribution in [0.2, 0.25) is 0 Å². The van der Waals surface area contributed by atoms with Crippen molar-refractivity contribution in [3.63, 3.8) is 0 Å². The first-order valence-electron chi connectivity index (χ1n) is 10.0. The SMILES string of the molecule is C=CC(=O)N1CCCC[C@@H](n2c(NC(=O)/C(C=N)=C/C=N)nc3cccc(OC)c32)C1. The van der Waals surface area contributed by atoms with Crippen molar-refractivity contribution in [2.45, 2.75) is 25.3 Å². The van der Waals surface area contributed by atoms with E-state index in [4.69, 9.17) is 15.6 Å². The molecule has 2 amide bonds. The maximum absolute atomic E-state index is 12.7. The molecule has 1 fully saturated rings. The summed E-state index contributed by atoms with van der Waals surface area (Å²) in [5.41, 5.74) is 1.41. The number of allylic oxidation sites excluding steroid dienone is 1. The number of aromatic nitrogens is 2. The fraction of sp³-hybridized carbons (Fsp3) is 0.318. The molecule has 2 heterocycles. The molecule has 2 aromatic rings. The third kappa shape index (κ3) is 4.55. The first-order valence-corrected chi connectivity index (χ1v) is 10.0. The van der Waals surface area contributed by atoms with E-state index in [1.165, 1.54) is 12.2 Å². The van der Waals surface area contributed by atoms with E-state index in [1.807, 2.05) is 22.8 Å². The van der Waals surface area contributed by atoms with E-state index < -0.39 is 5.91 Å². The van der Waals surface area contributed by atoms with E-state index in [2.05, 4.69) is 16.9 Å². The predicted octanol–water partition coefficient (Wildman–Crippen LogP) is 2.95. The highest BCUT2D eigenvalue weighted by atomic mass is 16.5. The Balaban J connectivity index is 2.12. The summed E-state index contributed by atoms with van der Waals surface area (Å²) < 4.78 is 7.47. The molecule has 1 saturated heterocycles. The third-order valence-electron chi connectivity index (χ3n) is 5.30. The standard InChI is InChI=1S/C22H26N6O3/c1-3-19(29)27-12-5-4-7-16(14-27)28-20-17(8-6-9-18(20)31-2)25-22(28)26-21(30)15(13-24)10-11-23/h3,6,8-11,13,16,23-24H,1,4-5,7,12,14H2,2H3,(H,25,26,30)/b15-10+,23-11?,24-13?/t16-/m1/s1. The molecule has 162 valence electrons. The summed E-state index contributed by atoms with van der Waals surface area (Å²) in [7, 11) is 1.57. The molecule has 0 spiro atoms. The molecule has 3 N–H and O–H groups in total. The Hall–Kier alpha value is -3.75. The van der Waals surface area contributed by atoms with Crippen molar-refractivity contribution in [1.29, 1.82) is 10.8 Å². The molecule has 1 aliphatic heterocycles. The van der Waals surface area contributed by atoms with Crippen LogP contribution in [0.3, 0.4) is 0 Å². The van der Waals surface area contributed by atoms with Gasteiger partial charge >= 0.3 is 0 Å². The molecule has 1 atom stereocenters. The number of ether oxygens (including phenoxy) is 1. The maximum Gasteiger partial charge on any atom is 0.259 e. The molecule has 0 radical (unpaired) electrons. The lowest BCUT2D eigenvalue weighted by molar-refractivity contribution is -0.126. The molecular weight excluding hydrogens is 396 g/mol. The second kappa shape index (κ2) is 9.84. The minimum atomic E-state index is -0.540. The molecule has 1 aliphatic rings. The molecule has 1 aromatic carbocycles. The number of amides is 2. The number of benzene rings is 1. The van der Waals surface area contributed by atoms with Gasteiger partial charge in [0.1, 0.15) is 11.3 Å². The lowest BCUT2D eigenvalue weighted by Crippen LogP contribution is -2.34. The highest BCUT2D eigenvalue weighted by Crippen LogP contribution is 2.35. The Morgan fingerprint density at radius 3 is 2.81 bits per heavy atom. The molecule has 0 aliphatic carbocycles. The summed E-state index contributed by atoms with van der Waals surface area (Å²) in [4.78, 5) is 31.4. The van der Waals surface area contributed by atoms with Gasteiger partial charge in [-0.15, -0.1) is 0 Å². The summed E-state index contributed by atoms with van der Waals surface area (Å²) in [6.45, 7) is 4.70. The van der Waals surface area contributed by atoms with Gasteiger partial charge in [0, 0.05) is 25.5 Å². The van der Waals surface area contributed by atoms with Crippen molar-refractivity contribution in [2.75, 3.05) is 25.5 Å².